The van der Waals surface area contributed by atoms with Crippen LogP contribution < -0.4 is 4.90 Å². The molecule has 8 aromatic carbocycles. The van der Waals surface area contributed by atoms with Crippen LogP contribution in [0.4, 0.5) is 17.1 Å². The van der Waals surface area contributed by atoms with Crippen LogP contribution in [0.15, 0.2) is 176 Å². The zero-order chi connectivity index (χ0) is 37.0. The third kappa shape index (κ3) is 3.64. The van der Waals surface area contributed by atoms with E-state index in [4.69, 9.17) is 0 Å². The smallest absolute Gasteiger partial charge is 0.0555 e. The van der Waals surface area contributed by atoms with Gasteiger partial charge in [-0.1, -0.05) is 140 Å². The quantitative estimate of drug-likeness (QED) is 0.170. The zero-order valence-electron chi connectivity index (χ0n) is 31.5. The van der Waals surface area contributed by atoms with Crippen molar-refractivity contribution in [1.82, 2.24) is 0 Å². The summed E-state index contributed by atoms with van der Waals surface area (Å²) in [6, 6.07) is 66.7. The average molecular weight is 746 g/mol. The van der Waals surface area contributed by atoms with Gasteiger partial charge in [0.2, 0.25) is 0 Å². The number of hydrogen-bond acceptors (Lipinski definition) is 2. The Balaban J connectivity index is 1.05. The van der Waals surface area contributed by atoms with Crippen LogP contribution in [-0.4, -0.2) is 0 Å². The third-order valence-electron chi connectivity index (χ3n) is 15.7. The van der Waals surface area contributed by atoms with E-state index in [9.17, 15) is 0 Å². The van der Waals surface area contributed by atoms with Crippen molar-refractivity contribution in [3.63, 3.8) is 0 Å². The predicted octanol–water partition coefficient (Wildman–Crippen LogP) is 15.0. The minimum Gasteiger partial charge on any atom is -0.309 e. The largest absolute Gasteiger partial charge is 0.309 e. The molecule has 5 aliphatic rings. The van der Waals surface area contributed by atoms with Crippen LogP contribution in [0, 0.1) is 29.1 Å². The monoisotopic (exact) mass is 745 g/mol. The Kier molecular flexibility index (Phi) is 5.96. The Hall–Kier alpha value is -5.96. The molecule has 0 N–H and O–H groups in total. The van der Waals surface area contributed by atoms with Gasteiger partial charge in [-0.05, 0) is 134 Å². The molecule has 4 saturated carbocycles. The van der Waals surface area contributed by atoms with Gasteiger partial charge < -0.3 is 4.90 Å². The highest BCUT2D eigenvalue weighted by molar-refractivity contribution is 7.26. The lowest BCUT2D eigenvalue weighted by atomic mass is 9.11. The van der Waals surface area contributed by atoms with E-state index in [0.717, 1.165) is 23.7 Å². The molecule has 5 aliphatic carbocycles. The first kappa shape index (κ1) is 31.2. The molecule has 4 atom stereocenters. The summed E-state index contributed by atoms with van der Waals surface area (Å²) in [5, 5.41) is 5.20. The molecule has 4 fully saturated rings. The fraction of sp³-hybridized carbons (Fsp3) is 0.164. The van der Waals surface area contributed by atoms with E-state index < -0.39 is 0 Å². The standard InChI is InChI=1S/C55H39NS/c1-2-13-33(14-3-1)38-20-10-15-34-16-11-21-42(52(34)38)41-18-5-8-23-46(41)56(47-24-12-26-49-53(47)43-19-6-9-25-48(43)57-49)37-27-28-40-39-17-4-7-22-44(39)55(45(40)32-37)50-30-35-29-36-31-51(55)54(35,36)50/h1-28,32,35-36,50-51H,29-31H2. The van der Waals surface area contributed by atoms with Crippen molar-refractivity contribution < 1.29 is 0 Å². The Morgan fingerprint density at radius 1 is 0.456 bits per heavy atom. The molecule has 1 nitrogen and oxygen atoms in total. The number of hydrogen-bond donors (Lipinski definition) is 0. The number of para-hydroxylation sites is 1. The van der Waals surface area contributed by atoms with Gasteiger partial charge in [-0.25, -0.2) is 0 Å². The minimum absolute atomic E-state index is 0.141. The van der Waals surface area contributed by atoms with Gasteiger partial charge in [0.25, 0.3) is 0 Å². The van der Waals surface area contributed by atoms with Gasteiger partial charge in [0, 0.05) is 36.8 Å². The van der Waals surface area contributed by atoms with E-state index in [0.29, 0.717) is 5.41 Å². The molecule has 2 heteroatoms. The summed E-state index contributed by atoms with van der Waals surface area (Å²) in [6.45, 7) is 0. The first-order chi connectivity index (χ1) is 28.3. The molecule has 0 radical (unpaired) electrons. The van der Waals surface area contributed by atoms with E-state index in [1.54, 1.807) is 11.1 Å². The molecule has 9 aromatic rings. The van der Waals surface area contributed by atoms with Gasteiger partial charge in [0.15, 0.2) is 0 Å². The molecule has 0 saturated heterocycles. The Bertz CT molecular complexity index is 3140. The summed E-state index contributed by atoms with van der Waals surface area (Å²) in [5.74, 6) is 3.51. The van der Waals surface area contributed by atoms with Crippen molar-refractivity contribution in [1.29, 1.82) is 0 Å². The van der Waals surface area contributed by atoms with Gasteiger partial charge in [0.1, 0.15) is 0 Å². The Labute approximate surface area is 336 Å². The number of thiophene rings is 1. The van der Waals surface area contributed by atoms with Crippen LogP contribution in [0.1, 0.15) is 30.4 Å². The Morgan fingerprint density at radius 3 is 1.95 bits per heavy atom. The van der Waals surface area contributed by atoms with Crippen molar-refractivity contribution in [2.75, 3.05) is 4.90 Å². The molecular formula is C55H39NS. The lowest BCUT2D eigenvalue weighted by Gasteiger charge is -2.92. The average Bonchev–Trinajstić information content (AvgIpc) is 3.77. The van der Waals surface area contributed by atoms with Crippen LogP contribution in [0.3, 0.4) is 0 Å². The fourth-order valence-corrected chi connectivity index (χ4v) is 14.9. The van der Waals surface area contributed by atoms with E-state index in [1.165, 1.54) is 101 Å². The molecule has 0 aliphatic heterocycles. The number of fused-ring (bicyclic) bond motifs is 11. The minimum atomic E-state index is 0.141. The molecule has 4 unspecified atom stereocenters. The van der Waals surface area contributed by atoms with Crippen LogP contribution >= 0.6 is 11.3 Å². The van der Waals surface area contributed by atoms with Crippen molar-refractivity contribution in [2.24, 2.45) is 29.1 Å². The van der Waals surface area contributed by atoms with Gasteiger partial charge >= 0.3 is 0 Å². The molecule has 1 heterocycles. The topological polar surface area (TPSA) is 3.24 Å². The van der Waals surface area contributed by atoms with Crippen LogP contribution in [0.2, 0.25) is 0 Å². The molecule has 270 valence electrons. The summed E-state index contributed by atoms with van der Waals surface area (Å²) in [7, 11) is 0. The van der Waals surface area contributed by atoms with Gasteiger partial charge in [0.05, 0.1) is 11.4 Å². The van der Waals surface area contributed by atoms with Crippen molar-refractivity contribution in [3.8, 4) is 33.4 Å². The summed E-state index contributed by atoms with van der Waals surface area (Å²) < 4.78 is 2.65. The number of benzene rings is 8. The van der Waals surface area contributed by atoms with E-state index in [1.807, 2.05) is 11.3 Å². The summed E-state index contributed by atoms with van der Waals surface area (Å²) in [6.07, 6.45) is 4.30. The van der Waals surface area contributed by atoms with Crippen LogP contribution in [0.25, 0.3) is 64.3 Å². The highest BCUT2D eigenvalue weighted by Gasteiger charge is 2.90. The number of anilines is 3. The summed E-state index contributed by atoms with van der Waals surface area (Å²) in [4.78, 5) is 2.63. The molecule has 2 spiro atoms. The molecule has 1 aromatic heterocycles. The molecule has 57 heavy (non-hydrogen) atoms. The number of nitrogens with zero attached hydrogens (tertiary/aromatic N) is 1. The first-order valence-corrected chi connectivity index (χ1v) is 21.7. The second kappa shape index (κ2) is 10.9. The van der Waals surface area contributed by atoms with Crippen molar-refractivity contribution in [2.45, 2.75) is 24.7 Å². The van der Waals surface area contributed by atoms with Gasteiger partial charge in [-0.15, -0.1) is 11.3 Å². The highest BCUT2D eigenvalue weighted by atomic mass is 32.1. The van der Waals surface area contributed by atoms with Crippen LogP contribution in [0.5, 0.6) is 0 Å². The first-order valence-electron chi connectivity index (χ1n) is 20.9. The normalized spacial score (nSPS) is 25.5. The maximum Gasteiger partial charge on any atom is 0.0555 e. The maximum atomic E-state index is 2.66. The molecular weight excluding hydrogens is 707 g/mol. The van der Waals surface area contributed by atoms with Crippen molar-refractivity contribution >= 4 is 59.3 Å². The van der Waals surface area contributed by atoms with Crippen molar-refractivity contribution in [3.05, 3.63) is 187 Å². The lowest BCUT2D eigenvalue weighted by molar-refractivity contribution is -0.412. The summed E-state index contributed by atoms with van der Waals surface area (Å²) >= 11 is 1.90. The maximum absolute atomic E-state index is 2.66. The SMILES string of the molecule is c1ccc(-c2cccc3cccc(-c4ccccc4N(c4ccc5c(c4)C4(c6ccccc6-5)C5CC6CC7CC4C675)c4cccc5sc6ccccc6c45)c23)cc1. The fourth-order valence-electron chi connectivity index (χ4n) is 13.8. The highest BCUT2D eigenvalue weighted by Crippen LogP contribution is 2.94. The second-order valence-corrected chi connectivity index (χ2v) is 18.6. The van der Waals surface area contributed by atoms with Crippen LogP contribution in [-0.2, 0) is 5.41 Å². The van der Waals surface area contributed by atoms with Gasteiger partial charge in [-0.2, -0.15) is 0 Å². The second-order valence-electron chi connectivity index (χ2n) is 17.5. The van der Waals surface area contributed by atoms with E-state index in [-0.39, 0.29) is 5.41 Å². The molecule has 0 bridgehead atoms. The predicted molar refractivity (Wildman–Crippen MR) is 239 cm³/mol. The van der Waals surface area contributed by atoms with E-state index in [2.05, 4.69) is 181 Å². The van der Waals surface area contributed by atoms with Gasteiger partial charge in [-0.3, -0.25) is 0 Å². The van der Waals surface area contributed by atoms with E-state index >= 15 is 0 Å². The lowest BCUT2D eigenvalue weighted by Crippen LogP contribution is -2.88. The summed E-state index contributed by atoms with van der Waals surface area (Å²) in [5.41, 5.74) is 15.6. The molecule has 14 rings (SSSR count). The zero-order valence-corrected chi connectivity index (χ0v) is 32.3. The Morgan fingerprint density at radius 2 is 1.11 bits per heavy atom. The molecule has 0 amide bonds. The number of rotatable bonds is 5. The third-order valence-corrected chi connectivity index (χ3v) is 16.9.